The molecule has 1 aromatic heterocycles. The third kappa shape index (κ3) is 1.21. The first kappa shape index (κ1) is 9.84. The Labute approximate surface area is 94.2 Å². The zero-order chi connectivity index (χ0) is 11.2. The van der Waals surface area contributed by atoms with Crippen LogP contribution < -0.4 is 10.6 Å². The SMILES string of the molecule is CCC(=O)NC1CC2(CNC2)n2ccnc21. The molecule has 86 valence electrons. The van der Waals surface area contributed by atoms with Crippen LogP contribution in [-0.4, -0.2) is 28.5 Å². The van der Waals surface area contributed by atoms with Crippen molar-refractivity contribution in [2.75, 3.05) is 13.1 Å². The number of nitrogens with one attached hydrogen (secondary N) is 2. The van der Waals surface area contributed by atoms with E-state index in [0.717, 1.165) is 25.3 Å². The van der Waals surface area contributed by atoms with E-state index in [4.69, 9.17) is 0 Å². The van der Waals surface area contributed by atoms with Gasteiger partial charge in [-0.15, -0.1) is 0 Å². The fourth-order valence-corrected chi connectivity index (χ4v) is 2.68. The van der Waals surface area contributed by atoms with Gasteiger partial charge >= 0.3 is 0 Å². The number of imidazole rings is 1. The summed E-state index contributed by atoms with van der Waals surface area (Å²) in [5.41, 5.74) is 0.164. The fourth-order valence-electron chi connectivity index (χ4n) is 2.68. The molecule has 3 rings (SSSR count). The minimum absolute atomic E-state index is 0.0875. The molecule has 0 radical (unpaired) electrons. The first-order chi connectivity index (χ1) is 7.75. The maximum Gasteiger partial charge on any atom is 0.220 e. The van der Waals surface area contributed by atoms with Gasteiger partial charge in [0.25, 0.3) is 0 Å². The van der Waals surface area contributed by atoms with Gasteiger partial charge in [-0.3, -0.25) is 4.79 Å². The van der Waals surface area contributed by atoms with E-state index in [-0.39, 0.29) is 17.5 Å². The van der Waals surface area contributed by atoms with Crippen LogP contribution in [0.15, 0.2) is 12.4 Å². The van der Waals surface area contributed by atoms with Gasteiger partial charge in [0.15, 0.2) is 0 Å². The Morgan fingerprint density at radius 2 is 2.56 bits per heavy atom. The van der Waals surface area contributed by atoms with Crippen molar-refractivity contribution in [3.8, 4) is 0 Å². The zero-order valence-corrected chi connectivity index (χ0v) is 9.36. The van der Waals surface area contributed by atoms with Gasteiger partial charge in [0, 0.05) is 38.3 Å². The summed E-state index contributed by atoms with van der Waals surface area (Å²) in [6, 6.07) is 0.0875. The molecule has 1 saturated heterocycles. The Morgan fingerprint density at radius 3 is 3.19 bits per heavy atom. The van der Waals surface area contributed by atoms with Crippen molar-refractivity contribution >= 4 is 5.91 Å². The van der Waals surface area contributed by atoms with Crippen LogP contribution in [-0.2, 0) is 10.3 Å². The number of rotatable bonds is 2. The van der Waals surface area contributed by atoms with E-state index in [1.807, 2.05) is 19.3 Å². The second kappa shape index (κ2) is 3.31. The Kier molecular flexibility index (Phi) is 2.04. The van der Waals surface area contributed by atoms with Gasteiger partial charge in [-0.2, -0.15) is 0 Å². The van der Waals surface area contributed by atoms with Gasteiger partial charge in [-0.1, -0.05) is 6.92 Å². The minimum atomic E-state index is 0.0875. The van der Waals surface area contributed by atoms with Crippen molar-refractivity contribution in [1.82, 2.24) is 20.2 Å². The third-order valence-electron chi connectivity index (χ3n) is 3.64. The highest BCUT2D eigenvalue weighted by Crippen LogP contribution is 2.40. The first-order valence-electron chi connectivity index (χ1n) is 5.79. The summed E-state index contributed by atoms with van der Waals surface area (Å²) in [7, 11) is 0. The Morgan fingerprint density at radius 1 is 1.75 bits per heavy atom. The number of hydrogen-bond donors (Lipinski definition) is 2. The lowest BCUT2D eigenvalue weighted by molar-refractivity contribution is -0.121. The molecule has 0 bridgehead atoms. The van der Waals surface area contributed by atoms with Crippen LogP contribution in [0.2, 0.25) is 0 Å². The molecule has 1 unspecified atom stereocenters. The summed E-state index contributed by atoms with van der Waals surface area (Å²) in [5, 5.41) is 6.35. The van der Waals surface area contributed by atoms with Crippen LogP contribution in [0.1, 0.15) is 31.6 Å². The largest absolute Gasteiger partial charge is 0.346 e. The normalized spacial score (nSPS) is 25.2. The van der Waals surface area contributed by atoms with E-state index in [0.29, 0.717) is 6.42 Å². The van der Waals surface area contributed by atoms with Gasteiger partial charge in [0.2, 0.25) is 5.91 Å². The van der Waals surface area contributed by atoms with Crippen LogP contribution in [0.4, 0.5) is 0 Å². The van der Waals surface area contributed by atoms with E-state index in [2.05, 4.69) is 20.2 Å². The number of aromatic nitrogens is 2. The topological polar surface area (TPSA) is 59.0 Å². The summed E-state index contributed by atoms with van der Waals surface area (Å²) in [5.74, 6) is 1.10. The van der Waals surface area contributed by atoms with Crippen molar-refractivity contribution in [2.45, 2.75) is 31.3 Å². The van der Waals surface area contributed by atoms with Crippen LogP contribution >= 0.6 is 0 Å². The number of nitrogens with zero attached hydrogens (tertiary/aromatic N) is 2. The molecule has 3 heterocycles. The predicted octanol–water partition coefficient (Wildman–Crippen LogP) is 0.153. The lowest BCUT2D eigenvalue weighted by Gasteiger charge is -2.40. The summed E-state index contributed by atoms with van der Waals surface area (Å²) in [4.78, 5) is 15.8. The van der Waals surface area contributed by atoms with Gasteiger partial charge in [0.1, 0.15) is 5.82 Å². The monoisotopic (exact) mass is 220 g/mol. The van der Waals surface area contributed by atoms with Gasteiger partial charge in [0.05, 0.1) is 11.6 Å². The molecule has 0 saturated carbocycles. The van der Waals surface area contributed by atoms with E-state index in [1.165, 1.54) is 0 Å². The number of carbonyl (C=O) groups excluding carboxylic acids is 1. The Hall–Kier alpha value is -1.36. The van der Waals surface area contributed by atoms with Crippen molar-refractivity contribution in [3.63, 3.8) is 0 Å². The molecule has 1 aromatic rings. The molecule has 16 heavy (non-hydrogen) atoms. The first-order valence-corrected chi connectivity index (χ1v) is 5.79. The van der Waals surface area contributed by atoms with Crippen molar-refractivity contribution < 1.29 is 4.79 Å². The molecule has 1 amide bonds. The summed E-state index contributed by atoms with van der Waals surface area (Å²) in [6.45, 7) is 3.83. The van der Waals surface area contributed by atoms with Crippen molar-refractivity contribution in [3.05, 3.63) is 18.2 Å². The zero-order valence-electron chi connectivity index (χ0n) is 9.36. The fraction of sp³-hybridized carbons (Fsp3) is 0.636. The molecule has 2 N–H and O–H groups in total. The lowest BCUT2D eigenvalue weighted by Crippen LogP contribution is -2.59. The predicted molar refractivity (Wildman–Crippen MR) is 58.9 cm³/mol. The Balaban J connectivity index is 1.86. The molecule has 5 nitrogen and oxygen atoms in total. The van der Waals surface area contributed by atoms with Crippen LogP contribution in [0.5, 0.6) is 0 Å². The molecule has 0 aromatic carbocycles. The second-order valence-electron chi connectivity index (χ2n) is 4.66. The average Bonchev–Trinajstić information content (AvgIpc) is 2.78. The highest BCUT2D eigenvalue weighted by Gasteiger charge is 2.48. The van der Waals surface area contributed by atoms with E-state index in [9.17, 15) is 4.79 Å². The van der Waals surface area contributed by atoms with Crippen LogP contribution in [0.25, 0.3) is 0 Å². The second-order valence-corrected chi connectivity index (χ2v) is 4.66. The van der Waals surface area contributed by atoms with E-state index < -0.39 is 0 Å². The summed E-state index contributed by atoms with van der Waals surface area (Å²) >= 11 is 0. The number of fused-ring (bicyclic) bond motifs is 2. The molecule has 1 spiro atoms. The molecule has 2 aliphatic heterocycles. The summed E-state index contributed by atoms with van der Waals surface area (Å²) < 4.78 is 2.23. The number of hydrogen-bond acceptors (Lipinski definition) is 3. The highest BCUT2D eigenvalue weighted by atomic mass is 16.1. The van der Waals surface area contributed by atoms with Crippen LogP contribution in [0.3, 0.4) is 0 Å². The van der Waals surface area contributed by atoms with E-state index >= 15 is 0 Å². The average molecular weight is 220 g/mol. The molecule has 1 atom stereocenters. The molecule has 1 fully saturated rings. The number of carbonyl (C=O) groups is 1. The van der Waals surface area contributed by atoms with Gasteiger partial charge in [-0.25, -0.2) is 4.98 Å². The maximum absolute atomic E-state index is 11.5. The molecule has 0 aliphatic carbocycles. The minimum Gasteiger partial charge on any atom is -0.346 e. The van der Waals surface area contributed by atoms with Gasteiger partial charge in [-0.05, 0) is 0 Å². The van der Waals surface area contributed by atoms with Crippen LogP contribution in [0, 0.1) is 0 Å². The maximum atomic E-state index is 11.5. The molecule has 5 heteroatoms. The quantitative estimate of drug-likeness (QED) is 0.746. The molecular formula is C11H16N4O. The summed E-state index contributed by atoms with van der Waals surface area (Å²) in [6.07, 6.45) is 5.34. The highest BCUT2D eigenvalue weighted by molar-refractivity contribution is 5.76. The van der Waals surface area contributed by atoms with Crippen molar-refractivity contribution in [2.24, 2.45) is 0 Å². The third-order valence-corrected chi connectivity index (χ3v) is 3.64. The van der Waals surface area contributed by atoms with E-state index in [1.54, 1.807) is 0 Å². The molecular weight excluding hydrogens is 204 g/mol. The molecule has 2 aliphatic rings. The smallest absolute Gasteiger partial charge is 0.220 e. The van der Waals surface area contributed by atoms with Crippen molar-refractivity contribution in [1.29, 1.82) is 0 Å². The van der Waals surface area contributed by atoms with Gasteiger partial charge < -0.3 is 15.2 Å². The lowest BCUT2D eigenvalue weighted by atomic mass is 9.88. The standard InChI is InChI=1S/C11H16N4O/c1-2-9(16)14-8-5-11(6-12-7-11)15-4-3-13-10(8)15/h3-4,8,12H,2,5-7H2,1H3,(H,14,16). The Bertz CT molecular complexity index is 421. The number of amides is 1.